The second-order valence-electron chi connectivity index (χ2n) is 8.60. The first kappa shape index (κ1) is 20.7. The first-order chi connectivity index (χ1) is 14.5. The van der Waals surface area contributed by atoms with E-state index >= 15 is 0 Å². The first-order valence-electron chi connectivity index (χ1n) is 10.9. The second-order valence-corrected chi connectivity index (χ2v) is 8.60. The van der Waals surface area contributed by atoms with Gasteiger partial charge in [-0.25, -0.2) is 5.01 Å². The summed E-state index contributed by atoms with van der Waals surface area (Å²) in [6.07, 6.45) is 6.75. The van der Waals surface area contributed by atoms with Crippen LogP contribution in [0.3, 0.4) is 0 Å². The van der Waals surface area contributed by atoms with Crippen LogP contribution in [0.1, 0.15) is 72.9 Å². The molecule has 2 fully saturated rings. The SMILES string of the molecule is C=C=C1c2cccc(CN(C)NC3CCCCC3)c2C(=O)N1C1CCC(=O)CC1=O. The van der Waals surface area contributed by atoms with Crippen LogP contribution in [-0.2, 0) is 16.1 Å². The van der Waals surface area contributed by atoms with E-state index in [-0.39, 0.29) is 23.9 Å². The number of hydrogen-bond donors (Lipinski definition) is 1. The summed E-state index contributed by atoms with van der Waals surface area (Å²) >= 11 is 0. The average molecular weight is 408 g/mol. The summed E-state index contributed by atoms with van der Waals surface area (Å²) in [5, 5.41) is 2.06. The lowest BCUT2D eigenvalue weighted by Crippen LogP contribution is -2.44. The van der Waals surface area contributed by atoms with Crippen molar-refractivity contribution in [1.29, 1.82) is 0 Å². The largest absolute Gasteiger partial charge is 0.299 e. The third-order valence-corrected chi connectivity index (χ3v) is 6.41. The molecule has 1 amide bonds. The zero-order valence-electron chi connectivity index (χ0n) is 17.6. The standard InChI is InChI=1S/C24H29N3O3/c1-3-20-19-11-7-8-16(15-26(2)25-17-9-5-4-6-10-17)23(19)24(30)27(20)21-13-12-18(28)14-22(21)29/h7-8,11,17,21,25H,1,4-6,9-10,12-15H2,2H3. The van der Waals surface area contributed by atoms with Crippen molar-refractivity contribution < 1.29 is 14.4 Å². The van der Waals surface area contributed by atoms with Gasteiger partial charge in [0.2, 0.25) is 0 Å². The molecule has 0 radical (unpaired) electrons. The number of hydrazine groups is 1. The number of nitrogens with one attached hydrogen (secondary N) is 1. The molecule has 2 aliphatic carbocycles. The Balaban J connectivity index is 1.58. The molecular weight excluding hydrogens is 378 g/mol. The van der Waals surface area contributed by atoms with Crippen LogP contribution >= 0.6 is 0 Å². The van der Waals surface area contributed by atoms with Gasteiger partial charge in [-0.3, -0.25) is 24.7 Å². The zero-order chi connectivity index (χ0) is 21.3. The lowest BCUT2D eigenvalue weighted by molar-refractivity contribution is -0.132. The monoisotopic (exact) mass is 407 g/mol. The third kappa shape index (κ3) is 3.91. The topological polar surface area (TPSA) is 69.7 Å². The highest BCUT2D eigenvalue weighted by Gasteiger charge is 2.43. The molecule has 2 saturated carbocycles. The Morgan fingerprint density at radius 1 is 1.17 bits per heavy atom. The summed E-state index contributed by atoms with van der Waals surface area (Å²) in [4.78, 5) is 39.2. The van der Waals surface area contributed by atoms with Gasteiger partial charge in [-0.1, -0.05) is 44.0 Å². The fraction of sp³-hybridized carbons (Fsp3) is 0.500. The van der Waals surface area contributed by atoms with E-state index in [2.05, 4.69) is 22.7 Å². The van der Waals surface area contributed by atoms with E-state index in [1.54, 1.807) is 0 Å². The smallest absolute Gasteiger partial charge is 0.260 e. The molecule has 6 heteroatoms. The number of amides is 1. The lowest BCUT2D eigenvalue weighted by Gasteiger charge is -2.30. The number of nitrogens with zero attached hydrogens (tertiary/aromatic N) is 2. The Labute approximate surface area is 177 Å². The minimum atomic E-state index is -0.613. The number of carbonyl (C=O) groups excluding carboxylic acids is 3. The van der Waals surface area contributed by atoms with Gasteiger partial charge < -0.3 is 0 Å². The van der Waals surface area contributed by atoms with Gasteiger partial charge in [-0.15, -0.1) is 5.73 Å². The van der Waals surface area contributed by atoms with Gasteiger partial charge in [0, 0.05) is 31.6 Å². The molecule has 1 aromatic rings. The second kappa shape index (κ2) is 8.68. The summed E-state index contributed by atoms with van der Waals surface area (Å²) in [6, 6.07) is 5.65. The van der Waals surface area contributed by atoms with Crippen molar-refractivity contribution in [2.45, 2.75) is 70.0 Å². The molecule has 0 saturated heterocycles. The molecular formula is C24H29N3O3. The third-order valence-electron chi connectivity index (χ3n) is 6.41. The van der Waals surface area contributed by atoms with Crippen molar-refractivity contribution in [3.63, 3.8) is 0 Å². The van der Waals surface area contributed by atoms with Gasteiger partial charge in [0.25, 0.3) is 5.91 Å². The van der Waals surface area contributed by atoms with Crippen molar-refractivity contribution in [2.75, 3.05) is 7.05 Å². The molecule has 0 bridgehead atoms. The predicted molar refractivity (Wildman–Crippen MR) is 114 cm³/mol. The normalized spacial score (nSPS) is 22.6. The van der Waals surface area contributed by atoms with Gasteiger partial charge in [0.1, 0.15) is 5.78 Å². The summed E-state index contributed by atoms with van der Waals surface area (Å²) in [5.41, 5.74) is 9.29. The highest BCUT2D eigenvalue weighted by Crippen LogP contribution is 2.38. The van der Waals surface area contributed by atoms with Crippen LogP contribution in [0.5, 0.6) is 0 Å². The van der Waals surface area contributed by atoms with Gasteiger partial charge in [-0.2, -0.15) is 0 Å². The Morgan fingerprint density at radius 3 is 2.63 bits per heavy atom. The Hall–Kier alpha value is -2.53. The quantitative estimate of drug-likeness (QED) is 0.461. The first-order valence-corrected chi connectivity index (χ1v) is 10.9. The molecule has 6 nitrogen and oxygen atoms in total. The van der Waals surface area contributed by atoms with E-state index in [1.807, 2.05) is 25.2 Å². The maximum absolute atomic E-state index is 13.4. The van der Waals surface area contributed by atoms with Crippen LogP contribution in [0.15, 0.2) is 30.5 Å². The van der Waals surface area contributed by atoms with Gasteiger partial charge in [-0.05, 0) is 24.8 Å². The minimum absolute atomic E-state index is 0.0550. The molecule has 0 aromatic heterocycles. The highest BCUT2D eigenvalue weighted by atomic mass is 16.2. The van der Waals surface area contributed by atoms with E-state index in [0.717, 1.165) is 11.1 Å². The van der Waals surface area contributed by atoms with Crippen molar-refractivity contribution in [3.8, 4) is 0 Å². The molecule has 1 atom stereocenters. The number of fused-ring (bicyclic) bond motifs is 1. The van der Waals surface area contributed by atoms with Crippen molar-refractivity contribution in [1.82, 2.24) is 15.3 Å². The number of benzene rings is 1. The fourth-order valence-corrected chi connectivity index (χ4v) is 4.99. The van der Waals surface area contributed by atoms with Crippen molar-refractivity contribution in [2.24, 2.45) is 0 Å². The maximum atomic E-state index is 13.4. The molecule has 1 N–H and O–H groups in total. The summed E-state index contributed by atoms with van der Waals surface area (Å²) in [5.74, 6) is -0.441. The number of rotatable bonds is 5. The Bertz CT molecular complexity index is 926. The van der Waals surface area contributed by atoms with Crippen LogP contribution in [-0.4, -0.2) is 46.5 Å². The molecule has 1 unspecified atom stereocenters. The highest BCUT2D eigenvalue weighted by molar-refractivity contribution is 6.14. The summed E-state index contributed by atoms with van der Waals surface area (Å²) in [6.45, 7) is 4.36. The Morgan fingerprint density at radius 2 is 1.93 bits per heavy atom. The predicted octanol–water partition coefficient (Wildman–Crippen LogP) is 3.23. The van der Waals surface area contributed by atoms with Crippen LogP contribution in [0.25, 0.3) is 5.70 Å². The lowest BCUT2D eigenvalue weighted by atomic mass is 9.91. The van der Waals surface area contributed by atoms with Crippen LogP contribution < -0.4 is 5.43 Å². The van der Waals surface area contributed by atoms with Crippen LogP contribution in [0.4, 0.5) is 0 Å². The summed E-state index contributed by atoms with van der Waals surface area (Å²) in [7, 11) is 2.01. The van der Waals surface area contributed by atoms with E-state index in [9.17, 15) is 14.4 Å². The molecule has 3 aliphatic rings. The van der Waals surface area contributed by atoms with Crippen molar-refractivity contribution >= 4 is 23.2 Å². The van der Waals surface area contributed by atoms with Gasteiger partial charge in [0.15, 0.2) is 5.78 Å². The summed E-state index contributed by atoms with van der Waals surface area (Å²) < 4.78 is 0. The fourth-order valence-electron chi connectivity index (χ4n) is 4.99. The van der Waals surface area contributed by atoms with E-state index in [1.165, 1.54) is 37.0 Å². The average Bonchev–Trinajstić information content (AvgIpc) is 3.01. The molecule has 1 aromatic carbocycles. The minimum Gasteiger partial charge on any atom is -0.299 e. The number of carbonyl (C=O) groups is 3. The van der Waals surface area contributed by atoms with Gasteiger partial charge in [0.05, 0.1) is 23.7 Å². The van der Waals surface area contributed by atoms with Crippen LogP contribution in [0.2, 0.25) is 0 Å². The van der Waals surface area contributed by atoms with E-state index in [0.29, 0.717) is 36.7 Å². The molecule has 1 heterocycles. The number of Topliss-reactive ketones (excluding diaryl/α,β-unsaturated/α-hetero) is 2. The van der Waals surface area contributed by atoms with E-state index < -0.39 is 6.04 Å². The number of ketones is 2. The molecule has 30 heavy (non-hydrogen) atoms. The molecule has 4 rings (SSSR count). The molecule has 158 valence electrons. The number of hydrogen-bond acceptors (Lipinski definition) is 5. The van der Waals surface area contributed by atoms with Crippen molar-refractivity contribution in [3.05, 3.63) is 47.2 Å². The van der Waals surface area contributed by atoms with E-state index in [4.69, 9.17) is 0 Å². The van der Waals surface area contributed by atoms with Gasteiger partial charge >= 0.3 is 0 Å². The molecule has 0 spiro atoms. The maximum Gasteiger partial charge on any atom is 0.260 e. The molecule has 1 aliphatic heterocycles. The zero-order valence-corrected chi connectivity index (χ0v) is 17.6. The van der Waals surface area contributed by atoms with Crippen LogP contribution in [0, 0.1) is 0 Å². The Kier molecular flexibility index (Phi) is 6.00.